The van der Waals surface area contributed by atoms with Gasteiger partial charge >= 0.3 is 5.97 Å². The first-order valence-corrected chi connectivity index (χ1v) is 6.11. The molecule has 1 fully saturated rings. The van der Waals surface area contributed by atoms with Crippen molar-refractivity contribution >= 4 is 17.6 Å². The lowest BCUT2D eigenvalue weighted by molar-refractivity contribution is 0.0602. The summed E-state index contributed by atoms with van der Waals surface area (Å²) in [6.07, 6.45) is 2.40. The van der Waals surface area contributed by atoms with Gasteiger partial charge < -0.3 is 15.4 Å². The smallest absolute Gasteiger partial charge is 0.345 e. The van der Waals surface area contributed by atoms with E-state index in [1.54, 1.807) is 9.58 Å². The minimum atomic E-state index is -0.439. The first-order valence-electron chi connectivity index (χ1n) is 6.11. The highest BCUT2D eigenvalue weighted by atomic mass is 16.5. The third kappa shape index (κ3) is 2.02. The molecule has 1 unspecified atom stereocenters. The fourth-order valence-corrected chi connectivity index (χ4v) is 2.13. The summed E-state index contributed by atoms with van der Waals surface area (Å²) in [6.45, 7) is 2.08. The van der Waals surface area contributed by atoms with Crippen LogP contribution in [0.3, 0.4) is 0 Å². The number of carbonyl (C=O) groups is 1. The molecule has 0 bridgehead atoms. The Bertz CT molecular complexity index is 463. The van der Waals surface area contributed by atoms with E-state index in [0.29, 0.717) is 23.1 Å². The molecule has 2 rings (SSSR count). The number of aromatic nitrogens is 2. The number of carbonyl (C=O) groups excluding carboxylic acids is 1. The zero-order chi connectivity index (χ0) is 13.4. The third-order valence-corrected chi connectivity index (χ3v) is 3.43. The van der Waals surface area contributed by atoms with Crippen molar-refractivity contribution in [2.75, 3.05) is 31.8 Å². The van der Waals surface area contributed by atoms with E-state index in [1.807, 2.05) is 14.1 Å². The molecule has 1 saturated carbocycles. The molecule has 0 amide bonds. The minimum absolute atomic E-state index is 0.224. The normalized spacial score (nSPS) is 16.4. The van der Waals surface area contributed by atoms with Gasteiger partial charge in [0.15, 0.2) is 5.82 Å². The summed E-state index contributed by atoms with van der Waals surface area (Å²) in [6, 6.07) is 0.224. The third-order valence-electron chi connectivity index (χ3n) is 3.43. The van der Waals surface area contributed by atoms with Crippen LogP contribution in [0.1, 0.15) is 36.2 Å². The molecule has 1 heterocycles. The number of methoxy groups -OCH3 is 1. The van der Waals surface area contributed by atoms with Crippen LogP contribution in [0.15, 0.2) is 0 Å². The number of nitrogens with zero attached hydrogens (tertiary/aromatic N) is 3. The second-order valence-electron chi connectivity index (χ2n) is 4.99. The van der Waals surface area contributed by atoms with E-state index < -0.39 is 5.97 Å². The van der Waals surface area contributed by atoms with Crippen LogP contribution in [0, 0.1) is 5.92 Å². The molecule has 1 aromatic heterocycles. The second-order valence-corrected chi connectivity index (χ2v) is 4.99. The Labute approximate surface area is 107 Å². The summed E-state index contributed by atoms with van der Waals surface area (Å²) < 4.78 is 6.53. The second kappa shape index (κ2) is 4.51. The Morgan fingerprint density at radius 1 is 1.56 bits per heavy atom. The molecule has 18 heavy (non-hydrogen) atoms. The average Bonchev–Trinajstić information content (AvgIpc) is 3.11. The Balaban J connectivity index is 2.46. The van der Waals surface area contributed by atoms with Crippen LogP contribution >= 0.6 is 0 Å². The summed E-state index contributed by atoms with van der Waals surface area (Å²) in [5.41, 5.74) is 6.41. The zero-order valence-electron chi connectivity index (χ0n) is 11.3. The van der Waals surface area contributed by atoms with Crippen molar-refractivity contribution in [1.82, 2.24) is 9.78 Å². The molecule has 2 N–H and O–H groups in total. The van der Waals surface area contributed by atoms with Gasteiger partial charge in [-0.2, -0.15) is 5.10 Å². The van der Waals surface area contributed by atoms with Crippen LogP contribution in [0.5, 0.6) is 0 Å². The van der Waals surface area contributed by atoms with E-state index in [1.165, 1.54) is 20.0 Å². The standard InChI is InChI=1S/C12H20N4O2/c1-7(8-5-6-8)16-10(13)9(12(17)18-4)11(14-16)15(2)3/h7-8H,5-6,13H2,1-4H3. The van der Waals surface area contributed by atoms with Crippen molar-refractivity contribution in [2.45, 2.75) is 25.8 Å². The van der Waals surface area contributed by atoms with Crippen molar-refractivity contribution in [3.63, 3.8) is 0 Å². The van der Waals surface area contributed by atoms with Crippen molar-refractivity contribution in [1.29, 1.82) is 0 Å². The lowest BCUT2D eigenvalue weighted by atomic mass is 10.2. The lowest BCUT2D eigenvalue weighted by Gasteiger charge is -2.12. The lowest BCUT2D eigenvalue weighted by Crippen LogP contribution is -2.14. The molecule has 0 saturated heterocycles. The first kappa shape index (κ1) is 12.7. The van der Waals surface area contributed by atoms with Crippen LogP contribution in [-0.4, -0.2) is 37.0 Å². The van der Waals surface area contributed by atoms with Crippen LogP contribution < -0.4 is 10.6 Å². The largest absolute Gasteiger partial charge is 0.465 e. The van der Waals surface area contributed by atoms with Crippen LogP contribution in [0.25, 0.3) is 0 Å². The molecule has 1 atom stereocenters. The fourth-order valence-electron chi connectivity index (χ4n) is 2.13. The van der Waals surface area contributed by atoms with Gasteiger partial charge in [-0.1, -0.05) is 0 Å². The highest BCUT2D eigenvalue weighted by Crippen LogP contribution is 2.41. The van der Waals surface area contributed by atoms with Gasteiger partial charge in [-0.25, -0.2) is 9.48 Å². The number of anilines is 2. The first-order chi connectivity index (χ1) is 8.47. The van der Waals surface area contributed by atoms with Gasteiger partial charge in [0, 0.05) is 14.1 Å². The van der Waals surface area contributed by atoms with Crippen molar-refractivity contribution in [3.8, 4) is 0 Å². The molecule has 100 valence electrons. The highest BCUT2D eigenvalue weighted by Gasteiger charge is 2.33. The van der Waals surface area contributed by atoms with Gasteiger partial charge in [-0.15, -0.1) is 0 Å². The van der Waals surface area contributed by atoms with E-state index in [9.17, 15) is 4.79 Å². The fraction of sp³-hybridized carbons (Fsp3) is 0.667. The van der Waals surface area contributed by atoms with Gasteiger partial charge in [-0.05, 0) is 25.7 Å². The molecule has 6 nitrogen and oxygen atoms in total. The predicted octanol–water partition coefficient (Wildman–Crippen LogP) is 1.29. The Morgan fingerprint density at radius 3 is 2.61 bits per heavy atom. The predicted molar refractivity (Wildman–Crippen MR) is 69.7 cm³/mol. The Hall–Kier alpha value is -1.72. The van der Waals surface area contributed by atoms with Gasteiger partial charge in [0.2, 0.25) is 0 Å². The van der Waals surface area contributed by atoms with Gasteiger partial charge in [-0.3, -0.25) is 0 Å². The van der Waals surface area contributed by atoms with E-state index in [4.69, 9.17) is 10.5 Å². The molecule has 0 radical (unpaired) electrons. The molecule has 0 aliphatic heterocycles. The molecule has 6 heteroatoms. The molecule has 0 aromatic carbocycles. The maximum Gasteiger partial charge on any atom is 0.345 e. The summed E-state index contributed by atoms with van der Waals surface area (Å²) in [5.74, 6) is 1.13. The van der Waals surface area contributed by atoms with Gasteiger partial charge in [0.1, 0.15) is 11.4 Å². The Kier molecular flexibility index (Phi) is 3.19. The molecule has 1 aliphatic carbocycles. The van der Waals surface area contributed by atoms with Crippen molar-refractivity contribution in [2.24, 2.45) is 5.92 Å². The maximum atomic E-state index is 11.8. The number of esters is 1. The topological polar surface area (TPSA) is 73.4 Å². The molecule has 0 spiro atoms. The zero-order valence-corrected chi connectivity index (χ0v) is 11.3. The van der Waals surface area contributed by atoms with Gasteiger partial charge in [0.25, 0.3) is 0 Å². The summed E-state index contributed by atoms with van der Waals surface area (Å²) in [7, 11) is 5.02. The SMILES string of the molecule is COC(=O)c1c(N(C)C)nn(C(C)C2CC2)c1N. The van der Waals surface area contributed by atoms with E-state index in [2.05, 4.69) is 12.0 Å². The number of hydrogen-bond donors (Lipinski definition) is 1. The number of nitrogen functional groups attached to an aromatic ring is 1. The number of ether oxygens (including phenoxy) is 1. The van der Waals surface area contributed by atoms with E-state index >= 15 is 0 Å². The Morgan fingerprint density at radius 2 is 2.17 bits per heavy atom. The summed E-state index contributed by atoms with van der Waals surface area (Å²) in [5, 5.41) is 4.46. The van der Waals surface area contributed by atoms with Crippen LogP contribution in [0.2, 0.25) is 0 Å². The van der Waals surface area contributed by atoms with Crippen molar-refractivity contribution < 1.29 is 9.53 Å². The molecule has 1 aliphatic rings. The van der Waals surface area contributed by atoms with E-state index in [-0.39, 0.29) is 6.04 Å². The minimum Gasteiger partial charge on any atom is -0.465 e. The number of hydrogen-bond acceptors (Lipinski definition) is 5. The quantitative estimate of drug-likeness (QED) is 0.817. The molecular weight excluding hydrogens is 232 g/mol. The maximum absolute atomic E-state index is 11.8. The van der Waals surface area contributed by atoms with Crippen molar-refractivity contribution in [3.05, 3.63) is 5.56 Å². The van der Waals surface area contributed by atoms with Crippen LogP contribution in [0.4, 0.5) is 11.6 Å². The van der Waals surface area contributed by atoms with E-state index in [0.717, 1.165) is 0 Å². The summed E-state index contributed by atoms with van der Waals surface area (Å²) >= 11 is 0. The highest BCUT2D eigenvalue weighted by molar-refractivity contribution is 5.99. The van der Waals surface area contributed by atoms with Gasteiger partial charge in [0.05, 0.1) is 13.2 Å². The molecule has 1 aromatic rings. The monoisotopic (exact) mass is 252 g/mol. The summed E-state index contributed by atoms with van der Waals surface area (Å²) in [4.78, 5) is 13.6. The number of nitrogens with two attached hydrogens (primary N) is 1. The average molecular weight is 252 g/mol. The molecular formula is C12H20N4O2. The number of rotatable bonds is 4. The van der Waals surface area contributed by atoms with Crippen LogP contribution in [-0.2, 0) is 4.74 Å².